The van der Waals surface area contributed by atoms with Gasteiger partial charge in [0.15, 0.2) is 0 Å². The molecule has 0 saturated carbocycles. The molecule has 7 heteroatoms. The third kappa shape index (κ3) is 5.48. The van der Waals surface area contributed by atoms with Crippen LogP contribution in [0.5, 0.6) is 0 Å². The van der Waals surface area contributed by atoms with E-state index in [0.717, 1.165) is 0 Å². The molecule has 1 heterocycles. The number of benzene rings is 2. The van der Waals surface area contributed by atoms with Crippen LogP contribution in [0.1, 0.15) is 47.9 Å². The summed E-state index contributed by atoms with van der Waals surface area (Å²) in [7, 11) is 0. The minimum atomic E-state index is -0.543. The molecule has 0 spiro atoms. The van der Waals surface area contributed by atoms with Crippen LogP contribution in [-0.2, 0) is 4.79 Å². The van der Waals surface area contributed by atoms with Gasteiger partial charge in [-0.3, -0.25) is 14.4 Å². The van der Waals surface area contributed by atoms with Crippen molar-refractivity contribution in [1.29, 1.82) is 0 Å². The fourth-order valence-corrected chi connectivity index (χ4v) is 3.36. The first-order valence-corrected chi connectivity index (χ1v) is 10.4. The second-order valence-corrected chi connectivity index (χ2v) is 8.70. The summed E-state index contributed by atoms with van der Waals surface area (Å²) in [4.78, 5) is 41.2. The van der Waals surface area contributed by atoms with Gasteiger partial charge in [0, 0.05) is 42.8 Å². The molecule has 1 aliphatic rings. The number of halogens is 1. The van der Waals surface area contributed by atoms with E-state index in [-0.39, 0.29) is 23.3 Å². The molecule has 31 heavy (non-hydrogen) atoms. The molecule has 0 radical (unpaired) electrons. The monoisotopic (exact) mass is 425 g/mol. The Morgan fingerprint density at radius 1 is 0.871 bits per heavy atom. The molecule has 1 aliphatic heterocycles. The van der Waals surface area contributed by atoms with Gasteiger partial charge in [0.25, 0.3) is 11.8 Å². The lowest BCUT2D eigenvalue weighted by Gasteiger charge is -2.23. The Balaban J connectivity index is 1.67. The zero-order valence-electron chi connectivity index (χ0n) is 18.2. The zero-order chi connectivity index (χ0) is 22.6. The van der Waals surface area contributed by atoms with Crippen molar-refractivity contribution >= 4 is 23.4 Å². The molecule has 3 rings (SSSR count). The molecule has 0 atom stereocenters. The van der Waals surface area contributed by atoms with E-state index in [4.69, 9.17) is 0 Å². The van der Waals surface area contributed by atoms with E-state index in [2.05, 4.69) is 5.32 Å². The van der Waals surface area contributed by atoms with Crippen molar-refractivity contribution < 1.29 is 18.8 Å². The van der Waals surface area contributed by atoms with E-state index in [1.807, 2.05) is 20.8 Å². The second kappa shape index (κ2) is 9.29. The lowest BCUT2D eigenvalue weighted by atomic mass is 9.95. The summed E-state index contributed by atoms with van der Waals surface area (Å²) in [6, 6.07) is 12.8. The quantitative estimate of drug-likeness (QED) is 0.813. The average molecular weight is 426 g/mol. The van der Waals surface area contributed by atoms with Gasteiger partial charge in [-0.15, -0.1) is 0 Å². The second-order valence-electron chi connectivity index (χ2n) is 8.70. The number of amides is 3. The number of rotatable bonds is 3. The minimum absolute atomic E-state index is 0.0459. The first kappa shape index (κ1) is 22.5. The third-order valence-corrected chi connectivity index (χ3v) is 5.22. The van der Waals surface area contributed by atoms with Crippen LogP contribution in [0.2, 0.25) is 0 Å². The van der Waals surface area contributed by atoms with Crippen LogP contribution in [0.3, 0.4) is 0 Å². The van der Waals surface area contributed by atoms with E-state index >= 15 is 0 Å². The van der Waals surface area contributed by atoms with Gasteiger partial charge in [-0.1, -0.05) is 39.0 Å². The van der Waals surface area contributed by atoms with E-state index in [9.17, 15) is 18.8 Å². The number of hydrogen-bond acceptors (Lipinski definition) is 3. The molecule has 1 fully saturated rings. The van der Waals surface area contributed by atoms with Crippen molar-refractivity contribution in [3.8, 4) is 0 Å². The molecule has 2 aromatic rings. The molecule has 0 aliphatic carbocycles. The molecular formula is C24H28FN3O3. The van der Waals surface area contributed by atoms with Gasteiger partial charge >= 0.3 is 0 Å². The highest BCUT2D eigenvalue weighted by Gasteiger charge is 2.25. The van der Waals surface area contributed by atoms with Crippen LogP contribution in [0.15, 0.2) is 48.5 Å². The number of nitrogens with one attached hydrogen (secondary N) is 1. The van der Waals surface area contributed by atoms with Crippen molar-refractivity contribution in [3.63, 3.8) is 0 Å². The molecule has 6 nitrogen and oxygen atoms in total. The van der Waals surface area contributed by atoms with Crippen LogP contribution >= 0.6 is 0 Å². The minimum Gasteiger partial charge on any atom is -0.337 e. The molecule has 3 amide bonds. The van der Waals surface area contributed by atoms with Gasteiger partial charge in [0.05, 0.1) is 5.56 Å². The number of carbonyl (C=O) groups excluding carboxylic acids is 3. The Kier molecular flexibility index (Phi) is 6.73. The van der Waals surface area contributed by atoms with E-state index in [0.29, 0.717) is 43.9 Å². The maximum absolute atomic E-state index is 14.0. The van der Waals surface area contributed by atoms with E-state index in [1.54, 1.807) is 46.2 Å². The summed E-state index contributed by atoms with van der Waals surface area (Å²) >= 11 is 0. The summed E-state index contributed by atoms with van der Waals surface area (Å²) in [5.74, 6) is -1.20. The van der Waals surface area contributed by atoms with Crippen molar-refractivity contribution in [3.05, 3.63) is 65.5 Å². The van der Waals surface area contributed by atoms with Crippen molar-refractivity contribution in [2.24, 2.45) is 5.41 Å². The number of anilines is 1. The number of carbonyl (C=O) groups is 3. The molecule has 1 saturated heterocycles. The van der Waals surface area contributed by atoms with Gasteiger partial charge in [-0.25, -0.2) is 4.39 Å². The Morgan fingerprint density at radius 2 is 1.52 bits per heavy atom. The summed E-state index contributed by atoms with van der Waals surface area (Å²) in [5, 5.41) is 2.84. The van der Waals surface area contributed by atoms with Crippen LogP contribution in [0.4, 0.5) is 10.1 Å². The lowest BCUT2D eigenvalue weighted by molar-refractivity contribution is -0.123. The van der Waals surface area contributed by atoms with Gasteiger partial charge in [0.2, 0.25) is 5.91 Å². The molecule has 0 aromatic heterocycles. The van der Waals surface area contributed by atoms with Crippen LogP contribution in [-0.4, -0.2) is 53.7 Å². The fourth-order valence-electron chi connectivity index (χ4n) is 3.36. The first-order chi connectivity index (χ1) is 14.7. The molecule has 2 aromatic carbocycles. The molecule has 0 unspecified atom stereocenters. The van der Waals surface area contributed by atoms with Gasteiger partial charge in [-0.2, -0.15) is 0 Å². The summed E-state index contributed by atoms with van der Waals surface area (Å²) in [6.07, 6.45) is 0.604. The largest absolute Gasteiger partial charge is 0.337 e. The standard InChI is InChI=1S/C24H28FN3O3/c1-24(2,3)23(31)26-18-9-6-8-17(16-18)21(29)27-12-7-13-28(15-14-27)22(30)19-10-4-5-11-20(19)25/h4-6,8-11,16H,7,12-15H2,1-3H3,(H,26,31). The zero-order valence-corrected chi connectivity index (χ0v) is 18.2. The van der Waals surface area contributed by atoms with E-state index < -0.39 is 11.2 Å². The summed E-state index contributed by atoms with van der Waals surface area (Å²) < 4.78 is 14.0. The Hall–Kier alpha value is -3.22. The normalized spacial score (nSPS) is 14.7. The van der Waals surface area contributed by atoms with Crippen LogP contribution in [0, 0.1) is 11.2 Å². The molecule has 164 valence electrons. The lowest BCUT2D eigenvalue weighted by Crippen LogP contribution is -2.37. The predicted molar refractivity (Wildman–Crippen MR) is 117 cm³/mol. The van der Waals surface area contributed by atoms with Gasteiger partial charge < -0.3 is 15.1 Å². The number of hydrogen-bond donors (Lipinski definition) is 1. The van der Waals surface area contributed by atoms with E-state index in [1.165, 1.54) is 12.1 Å². The highest BCUT2D eigenvalue weighted by molar-refractivity contribution is 5.98. The highest BCUT2D eigenvalue weighted by atomic mass is 19.1. The van der Waals surface area contributed by atoms with Gasteiger partial charge in [-0.05, 0) is 36.8 Å². The topological polar surface area (TPSA) is 69.7 Å². The average Bonchev–Trinajstić information content (AvgIpc) is 2.99. The van der Waals surface area contributed by atoms with Gasteiger partial charge in [0.1, 0.15) is 5.82 Å². The van der Waals surface area contributed by atoms with Crippen molar-refractivity contribution in [2.75, 3.05) is 31.5 Å². The highest BCUT2D eigenvalue weighted by Crippen LogP contribution is 2.20. The molecule has 1 N–H and O–H groups in total. The SMILES string of the molecule is CC(C)(C)C(=O)Nc1cccc(C(=O)N2CCCN(C(=O)c3ccccc3F)CC2)c1. The maximum atomic E-state index is 14.0. The Morgan fingerprint density at radius 3 is 2.16 bits per heavy atom. The fraction of sp³-hybridized carbons (Fsp3) is 0.375. The Bertz CT molecular complexity index is 984. The predicted octanol–water partition coefficient (Wildman–Crippen LogP) is 3.80. The summed E-state index contributed by atoms with van der Waals surface area (Å²) in [6.45, 7) is 7.11. The Labute approximate surface area is 182 Å². The maximum Gasteiger partial charge on any atom is 0.256 e. The van der Waals surface area contributed by atoms with Crippen molar-refractivity contribution in [1.82, 2.24) is 9.80 Å². The smallest absolute Gasteiger partial charge is 0.256 e. The molecular weight excluding hydrogens is 397 g/mol. The summed E-state index contributed by atoms with van der Waals surface area (Å²) in [5.41, 5.74) is 0.543. The van der Waals surface area contributed by atoms with Crippen LogP contribution in [0.25, 0.3) is 0 Å². The first-order valence-electron chi connectivity index (χ1n) is 10.4. The third-order valence-electron chi connectivity index (χ3n) is 5.22. The number of nitrogens with zero attached hydrogens (tertiary/aromatic N) is 2. The van der Waals surface area contributed by atoms with Crippen LogP contribution < -0.4 is 5.32 Å². The molecule has 0 bridgehead atoms. The van der Waals surface area contributed by atoms with Crippen molar-refractivity contribution in [2.45, 2.75) is 27.2 Å².